The van der Waals surface area contributed by atoms with Crippen LogP contribution < -0.4 is 0 Å². The predicted molar refractivity (Wildman–Crippen MR) is 263 cm³/mol. The van der Waals surface area contributed by atoms with E-state index >= 15 is 0 Å². The van der Waals surface area contributed by atoms with Crippen LogP contribution in [0.3, 0.4) is 0 Å². The molecule has 5 heterocycles. The first-order valence-electron chi connectivity index (χ1n) is 21.8. The van der Waals surface area contributed by atoms with Crippen molar-refractivity contribution in [3.8, 4) is 45.3 Å². The number of para-hydroxylation sites is 4. The van der Waals surface area contributed by atoms with Gasteiger partial charge in [0, 0.05) is 53.7 Å². The van der Waals surface area contributed by atoms with Crippen LogP contribution in [0.1, 0.15) is 22.3 Å². The van der Waals surface area contributed by atoms with Crippen molar-refractivity contribution in [3.63, 3.8) is 0 Å². The smallest absolute Gasteiger partial charge is 0.160 e. The van der Waals surface area contributed by atoms with Gasteiger partial charge < -0.3 is 9.13 Å². The Morgan fingerprint density at radius 2 is 0.984 bits per heavy atom. The van der Waals surface area contributed by atoms with Gasteiger partial charge in [0.15, 0.2) is 5.82 Å². The SMILES string of the molecule is c1ccc(-c2cc(-c3ccc(-n4c5ccccc5c5c6c(ccc54)C4(c5ccccc5S6)c5ccccc5-n5c6ccccc6c6cccc4c65)cc3)nc(-c3ccccc3)n2)cc1. The molecule has 12 aromatic rings. The number of hydrogen-bond acceptors (Lipinski definition) is 3. The van der Waals surface area contributed by atoms with Crippen molar-refractivity contribution < 1.29 is 0 Å². The molecule has 0 fully saturated rings. The molecule has 0 saturated carbocycles. The maximum atomic E-state index is 5.13. The molecule has 5 heteroatoms. The van der Waals surface area contributed by atoms with Gasteiger partial charge in [-0.1, -0.05) is 182 Å². The monoisotopic (exact) mass is 832 g/mol. The molecule has 1 atom stereocenters. The largest absolute Gasteiger partial charge is 0.309 e. The van der Waals surface area contributed by atoms with Crippen LogP contribution >= 0.6 is 11.8 Å². The minimum atomic E-state index is -0.550. The Kier molecular flexibility index (Phi) is 7.51. The molecule has 1 spiro atoms. The third kappa shape index (κ3) is 4.84. The summed E-state index contributed by atoms with van der Waals surface area (Å²) < 4.78 is 4.96. The number of fused-ring (bicyclic) bond motifs is 15. The lowest BCUT2D eigenvalue weighted by Crippen LogP contribution is -2.37. The zero-order valence-corrected chi connectivity index (χ0v) is 35.3. The highest BCUT2D eigenvalue weighted by atomic mass is 32.2. The summed E-state index contributed by atoms with van der Waals surface area (Å²) in [5.74, 6) is 0.711. The van der Waals surface area contributed by atoms with Crippen LogP contribution in [0.5, 0.6) is 0 Å². The van der Waals surface area contributed by atoms with E-state index < -0.39 is 5.41 Å². The highest BCUT2D eigenvalue weighted by Crippen LogP contribution is 2.62. The summed E-state index contributed by atoms with van der Waals surface area (Å²) in [5.41, 5.74) is 16.8. The fourth-order valence-corrected chi connectivity index (χ4v) is 12.3. The fraction of sp³-hybridized carbons (Fsp3) is 0.0169. The second kappa shape index (κ2) is 13.5. The Labute approximate surface area is 373 Å². The number of benzene rings is 9. The summed E-state index contributed by atoms with van der Waals surface area (Å²) in [6.07, 6.45) is 0. The van der Waals surface area contributed by atoms with Gasteiger partial charge in [0.2, 0.25) is 0 Å². The quantitative estimate of drug-likeness (QED) is 0.177. The van der Waals surface area contributed by atoms with E-state index in [0.29, 0.717) is 5.82 Å². The molecule has 64 heavy (non-hydrogen) atoms. The second-order valence-electron chi connectivity index (χ2n) is 16.8. The van der Waals surface area contributed by atoms with Crippen LogP contribution in [-0.4, -0.2) is 19.1 Å². The van der Waals surface area contributed by atoms with E-state index in [2.05, 4.69) is 203 Å². The second-order valence-corrected chi connectivity index (χ2v) is 17.9. The summed E-state index contributed by atoms with van der Waals surface area (Å²) in [4.78, 5) is 12.8. The molecular formula is C59H36N4S. The molecule has 0 aliphatic carbocycles. The molecule has 0 N–H and O–H groups in total. The average Bonchev–Trinajstić information content (AvgIpc) is 3.90. The molecule has 14 rings (SSSR count). The summed E-state index contributed by atoms with van der Waals surface area (Å²) in [6.45, 7) is 0. The van der Waals surface area contributed by atoms with Crippen molar-refractivity contribution in [3.05, 3.63) is 241 Å². The van der Waals surface area contributed by atoms with Gasteiger partial charge in [-0.05, 0) is 70.8 Å². The third-order valence-electron chi connectivity index (χ3n) is 13.6. The summed E-state index contributed by atoms with van der Waals surface area (Å²) >= 11 is 1.92. The molecule has 2 aliphatic rings. The van der Waals surface area contributed by atoms with Crippen molar-refractivity contribution in [2.75, 3.05) is 0 Å². The predicted octanol–water partition coefficient (Wildman–Crippen LogP) is 14.8. The summed E-state index contributed by atoms with van der Waals surface area (Å²) in [7, 11) is 0. The molecule has 9 aromatic carbocycles. The van der Waals surface area contributed by atoms with E-state index in [0.717, 1.165) is 33.8 Å². The van der Waals surface area contributed by atoms with Crippen molar-refractivity contribution in [1.82, 2.24) is 19.1 Å². The zero-order chi connectivity index (χ0) is 41.9. The zero-order valence-electron chi connectivity index (χ0n) is 34.5. The van der Waals surface area contributed by atoms with Crippen molar-refractivity contribution >= 4 is 55.4 Å². The Balaban J connectivity index is 0.996. The van der Waals surface area contributed by atoms with E-state index in [1.807, 2.05) is 36.0 Å². The Hall–Kier alpha value is -7.99. The molecule has 4 nitrogen and oxygen atoms in total. The highest BCUT2D eigenvalue weighted by molar-refractivity contribution is 7.99. The lowest BCUT2D eigenvalue weighted by atomic mass is 9.62. The van der Waals surface area contributed by atoms with Crippen LogP contribution in [0.25, 0.3) is 88.9 Å². The Morgan fingerprint density at radius 1 is 0.391 bits per heavy atom. The maximum absolute atomic E-state index is 5.13. The lowest BCUT2D eigenvalue weighted by molar-refractivity contribution is 0.692. The molecule has 1 unspecified atom stereocenters. The Bertz CT molecular complexity index is 3810. The van der Waals surface area contributed by atoms with Crippen LogP contribution in [0, 0.1) is 0 Å². The first-order valence-corrected chi connectivity index (χ1v) is 22.6. The topological polar surface area (TPSA) is 35.6 Å². The first-order chi connectivity index (χ1) is 31.8. The van der Waals surface area contributed by atoms with Crippen LogP contribution in [0.4, 0.5) is 0 Å². The summed E-state index contributed by atoms with van der Waals surface area (Å²) in [5, 5.41) is 5.09. The fourth-order valence-electron chi connectivity index (χ4n) is 11.0. The van der Waals surface area contributed by atoms with Gasteiger partial charge in [-0.2, -0.15) is 0 Å². The number of nitrogens with zero attached hydrogens (tertiary/aromatic N) is 4. The number of aromatic nitrogens is 4. The standard InChI is InChI=1S/C59H36N4S/c1-3-16-37(17-4-1)48-36-49(61-58(60-48)39-18-5-2-6-19-39)38-30-32-40(33-31-38)62-51-27-12-8-21-43(51)55-53(62)35-34-47-57(55)64-54-29-14-10-24-45(54)59(47)44-23-9-13-28-52(44)63-50-26-11-7-20-41(50)42-22-15-25-46(59)56(42)63/h1-36H. The number of hydrogen-bond donors (Lipinski definition) is 0. The van der Waals surface area contributed by atoms with E-state index in [4.69, 9.17) is 9.97 Å². The van der Waals surface area contributed by atoms with Gasteiger partial charge >= 0.3 is 0 Å². The molecule has 0 amide bonds. The number of rotatable bonds is 4. The van der Waals surface area contributed by atoms with Crippen LogP contribution in [0.2, 0.25) is 0 Å². The van der Waals surface area contributed by atoms with Gasteiger partial charge in [0.25, 0.3) is 0 Å². The van der Waals surface area contributed by atoms with Crippen LogP contribution in [0.15, 0.2) is 228 Å². The van der Waals surface area contributed by atoms with Gasteiger partial charge in [-0.3, -0.25) is 0 Å². The van der Waals surface area contributed by atoms with Gasteiger partial charge in [-0.25, -0.2) is 9.97 Å². The van der Waals surface area contributed by atoms with Crippen molar-refractivity contribution in [2.24, 2.45) is 0 Å². The van der Waals surface area contributed by atoms with E-state index in [1.165, 1.54) is 81.3 Å². The Morgan fingerprint density at radius 3 is 1.77 bits per heavy atom. The van der Waals surface area contributed by atoms with E-state index in [-0.39, 0.29) is 0 Å². The van der Waals surface area contributed by atoms with Crippen molar-refractivity contribution in [1.29, 1.82) is 0 Å². The molecule has 0 bridgehead atoms. The first kappa shape index (κ1) is 35.6. The lowest BCUT2D eigenvalue weighted by Gasteiger charge is -2.45. The minimum Gasteiger partial charge on any atom is -0.309 e. The van der Waals surface area contributed by atoms with Gasteiger partial charge in [0.1, 0.15) is 0 Å². The maximum Gasteiger partial charge on any atom is 0.160 e. The normalized spacial score (nSPS) is 14.9. The van der Waals surface area contributed by atoms with E-state index in [1.54, 1.807) is 0 Å². The van der Waals surface area contributed by atoms with Gasteiger partial charge in [0.05, 0.1) is 44.6 Å². The molecule has 0 saturated heterocycles. The highest BCUT2D eigenvalue weighted by Gasteiger charge is 2.50. The molecule has 2 aliphatic heterocycles. The minimum absolute atomic E-state index is 0.550. The van der Waals surface area contributed by atoms with E-state index in [9.17, 15) is 0 Å². The molecule has 3 aromatic heterocycles. The van der Waals surface area contributed by atoms with Crippen molar-refractivity contribution in [2.45, 2.75) is 15.2 Å². The molecule has 0 radical (unpaired) electrons. The van der Waals surface area contributed by atoms with Crippen LogP contribution in [-0.2, 0) is 5.41 Å². The average molecular weight is 833 g/mol. The molecule has 298 valence electrons. The third-order valence-corrected chi connectivity index (χ3v) is 14.8. The summed E-state index contributed by atoms with van der Waals surface area (Å²) in [6, 6.07) is 79.5. The van der Waals surface area contributed by atoms with Gasteiger partial charge in [-0.15, -0.1) is 0 Å². The molecular weight excluding hydrogens is 797 g/mol.